The van der Waals surface area contributed by atoms with Crippen molar-refractivity contribution >= 4 is 35.0 Å². The van der Waals surface area contributed by atoms with E-state index in [9.17, 15) is 0 Å². The van der Waals surface area contributed by atoms with Crippen LogP contribution in [0.3, 0.4) is 0 Å². The summed E-state index contributed by atoms with van der Waals surface area (Å²) in [6.45, 7) is 4.50. The van der Waals surface area contributed by atoms with Gasteiger partial charge in [-0.3, -0.25) is 5.01 Å². The molecule has 0 N–H and O–H groups in total. The zero-order chi connectivity index (χ0) is 28.4. The summed E-state index contributed by atoms with van der Waals surface area (Å²) >= 11 is 0. The Morgan fingerprint density at radius 3 is 1.56 bits per heavy atom. The van der Waals surface area contributed by atoms with Gasteiger partial charge < -0.3 is 14.4 Å². The maximum absolute atomic E-state index is 5.37. The topological polar surface area (TPSA) is 37.3 Å². The lowest BCUT2D eigenvalue weighted by molar-refractivity contribution is 0.415. The zero-order valence-corrected chi connectivity index (χ0v) is 23.4. The normalized spacial score (nSPS) is 10.8. The van der Waals surface area contributed by atoms with E-state index in [1.54, 1.807) is 14.2 Å². The van der Waals surface area contributed by atoms with Crippen LogP contribution in [0.4, 0.5) is 22.7 Å². The van der Waals surface area contributed by atoms with Gasteiger partial charge in [-0.15, -0.1) is 0 Å². The predicted octanol–water partition coefficient (Wildman–Crippen LogP) is 8.86. The quantitative estimate of drug-likeness (QED) is 0.124. The SMILES string of the molecule is C=Cc1ccc(CN(/N=C/c2ccc(N(c3ccc(OC)cc3)c3ccc(OC)cc3)cc2)c2ccccc2)cc1. The lowest BCUT2D eigenvalue weighted by atomic mass is 10.1. The van der Waals surface area contributed by atoms with Crippen LogP contribution >= 0.6 is 0 Å². The molecule has 0 aliphatic heterocycles. The standard InChI is InChI=1S/C36H33N3O2/c1-4-28-10-12-30(13-11-28)27-38(31-8-6-5-7-9-31)37-26-29-14-16-32(17-15-29)39(33-18-22-35(40-2)23-19-33)34-20-24-36(41-3)25-21-34/h4-26H,1,27H2,2-3H3/b37-26+. The number of methoxy groups -OCH3 is 2. The molecule has 5 aromatic rings. The Kier molecular flexibility index (Phi) is 8.77. The van der Waals surface area contributed by atoms with Gasteiger partial charge in [-0.05, 0) is 89.5 Å². The monoisotopic (exact) mass is 539 g/mol. The van der Waals surface area contributed by atoms with Crippen LogP contribution in [0, 0.1) is 0 Å². The molecule has 0 amide bonds. The first-order valence-electron chi connectivity index (χ1n) is 13.4. The molecular weight excluding hydrogens is 506 g/mol. The number of hydrogen-bond acceptors (Lipinski definition) is 5. The Labute approximate surface area is 242 Å². The van der Waals surface area contributed by atoms with Crippen LogP contribution in [0.25, 0.3) is 6.08 Å². The number of hydrazone groups is 1. The van der Waals surface area contributed by atoms with Crippen molar-refractivity contribution in [2.45, 2.75) is 6.54 Å². The van der Waals surface area contributed by atoms with Crippen LogP contribution in [0.1, 0.15) is 16.7 Å². The van der Waals surface area contributed by atoms with Crippen molar-refractivity contribution in [1.29, 1.82) is 0 Å². The molecule has 5 heteroatoms. The van der Waals surface area contributed by atoms with Crippen molar-refractivity contribution in [2.24, 2.45) is 5.10 Å². The summed E-state index contributed by atoms with van der Waals surface area (Å²) in [6.07, 6.45) is 3.75. The highest BCUT2D eigenvalue weighted by molar-refractivity contribution is 5.83. The van der Waals surface area contributed by atoms with Crippen molar-refractivity contribution in [3.63, 3.8) is 0 Å². The molecule has 0 unspecified atom stereocenters. The second kappa shape index (κ2) is 13.2. The Hall–Kier alpha value is -5.29. The Balaban J connectivity index is 1.42. The molecule has 0 aliphatic carbocycles. The first kappa shape index (κ1) is 27.3. The van der Waals surface area contributed by atoms with Crippen molar-refractivity contribution in [3.05, 3.63) is 151 Å². The van der Waals surface area contributed by atoms with Crippen molar-refractivity contribution < 1.29 is 9.47 Å². The largest absolute Gasteiger partial charge is 0.497 e. The van der Waals surface area contributed by atoms with Gasteiger partial charge in [0.1, 0.15) is 11.5 Å². The molecule has 0 atom stereocenters. The van der Waals surface area contributed by atoms with Gasteiger partial charge in [0.05, 0.1) is 32.7 Å². The fourth-order valence-electron chi connectivity index (χ4n) is 4.49. The molecule has 0 aromatic heterocycles. The third-order valence-corrected chi connectivity index (χ3v) is 6.76. The molecule has 41 heavy (non-hydrogen) atoms. The number of nitrogens with zero attached hydrogens (tertiary/aromatic N) is 3. The highest BCUT2D eigenvalue weighted by Crippen LogP contribution is 2.36. The van der Waals surface area contributed by atoms with E-state index >= 15 is 0 Å². The molecule has 5 aromatic carbocycles. The number of para-hydroxylation sites is 1. The van der Waals surface area contributed by atoms with E-state index in [1.807, 2.05) is 59.8 Å². The molecule has 204 valence electrons. The van der Waals surface area contributed by atoms with Crippen LogP contribution in [0.15, 0.2) is 139 Å². The van der Waals surface area contributed by atoms with Crippen molar-refractivity contribution in [3.8, 4) is 11.5 Å². The van der Waals surface area contributed by atoms with Crippen molar-refractivity contribution in [1.82, 2.24) is 0 Å². The van der Waals surface area contributed by atoms with Crippen LogP contribution in [-0.4, -0.2) is 20.4 Å². The molecule has 0 radical (unpaired) electrons. The van der Waals surface area contributed by atoms with Gasteiger partial charge in [-0.25, -0.2) is 0 Å². The number of benzene rings is 5. The molecule has 0 aliphatic rings. The number of rotatable bonds is 11. The van der Waals surface area contributed by atoms with E-state index in [1.165, 1.54) is 5.56 Å². The summed E-state index contributed by atoms with van der Waals surface area (Å²) < 4.78 is 10.7. The smallest absolute Gasteiger partial charge is 0.119 e. The number of hydrogen-bond donors (Lipinski definition) is 0. The Morgan fingerprint density at radius 1 is 0.585 bits per heavy atom. The average molecular weight is 540 g/mol. The highest BCUT2D eigenvalue weighted by atomic mass is 16.5. The summed E-state index contributed by atoms with van der Waals surface area (Å²) in [7, 11) is 3.35. The van der Waals surface area contributed by atoms with E-state index in [0.717, 1.165) is 45.4 Å². The maximum Gasteiger partial charge on any atom is 0.119 e. The van der Waals surface area contributed by atoms with Crippen LogP contribution < -0.4 is 19.4 Å². The average Bonchev–Trinajstić information content (AvgIpc) is 3.05. The lowest BCUT2D eigenvalue weighted by Crippen LogP contribution is -2.16. The minimum absolute atomic E-state index is 0.652. The van der Waals surface area contributed by atoms with E-state index in [2.05, 4.69) is 96.4 Å². The summed E-state index contributed by atoms with van der Waals surface area (Å²) in [5.41, 5.74) is 7.37. The molecular formula is C36H33N3O2. The Morgan fingerprint density at radius 2 is 1.07 bits per heavy atom. The van der Waals surface area contributed by atoms with E-state index < -0.39 is 0 Å². The summed E-state index contributed by atoms with van der Waals surface area (Å²) in [6, 6.07) is 43.1. The summed E-state index contributed by atoms with van der Waals surface area (Å²) in [4.78, 5) is 2.20. The maximum atomic E-state index is 5.37. The van der Waals surface area contributed by atoms with E-state index in [-0.39, 0.29) is 0 Å². The van der Waals surface area contributed by atoms with Crippen LogP contribution in [-0.2, 0) is 6.54 Å². The molecule has 0 heterocycles. The fourth-order valence-corrected chi connectivity index (χ4v) is 4.49. The molecule has 0 saturated carbocycles. The van der Waals surface area contributed by atoms with Gasteiger partial charge in [0.25, 0.3) is 0 Å². The van der Waals surface area contributed by atoms with Crippen LogP contribution in [0.5, 0.6) is 11.5 Å². The minimum Gasteiger partial charge on any atom is -0.497 e. The zero-order valence-electron chi connectivity index (χ0n) is 23.4. The first-order chi connectivity index (χ1) is 20.2. The number of anilines is 4. The molecule has 0 fully saturated rings. The van der Waals surface area contributed by atoms with E-state index in [4.69, 9.17) is 14.6 Å². The minimum atomic E-state index is 0.652. The van der Waals surface area contributed by atoms with Gasteiger partial charge in [-0.1, -0.05) is 67.3 Å². The van der Waals surface area contributed by atoms with Crippen LogP contribution in [0.2, 0.25) is 0 Å². The van der Waals surface area contributed by atoms with Gasteiger partial charge >= 0.3 is 0 Å². The molecule has 5 nitrogen and oxygen atoms in total. The van der Waals surface area contributed by atoms with E-state index in [0.29, 0.717) is 6.54 Å². The highest BCUT2D eigenvalue weighted by Gasteiger charge is 2.13. The van der Waals surface area contributed by atoms with Gasteiger partial charge in [0.15, 0.2) is 0 Å². The fraction of sp³-hybridized carbons (Fsp3) is 0.0833. The second-order valence-corrected chi connectivity index (χ2v) is 9.41. The predicted molar refractivity (Wildman–Crippen MR) is 171 cm³/mol. The van der Waals surface area contributed by atoms with Crippen molar-refractivity contribution in [2.75, 3.05) is 24.1 Å². The third kappa shape index (κ3) is 6.84. The molecule has 0 saturated heterocycles. The lowest BCUT2D eigenvalue weighted by Gasteiger charge is -2.26. The first-order valence-corrected chi connectivity index (χ1v) is 13.4. The van der Waals surface area contributed by atoms with Gasteiger partial charge in [-0.2, -0.15) is 5.10 Å². The molecule has 5 rings (SSSR count). The summed E-state index contributed by atoms with van der Waals surface area (Å²) in [5.74, 6) is 1.63. The number of ether oxygens (including phenoxy) is 2. The summed E-state index contributed by atoms with van der Waals surface area (Å²) in [5, 5.41) is 6.89. The van der Waals surface area contributed by atoms with Gasteiger partial charge in [0.2, 0.25) is 0 Å². The third-order valence-electron chi connectivity index (χ3n) is 6.76. The van der Waals surface area contributed by atoms with Gasteiger partial charge in [0, 0.05) is 17.1 Å². The molecule has 0 bridgehead atoms. The second-order valence-electron chi connectivity index (χ2n) is 9.41. The molecule has 0 spiro atoms. The Bertz CT molecular complexity index is 1510.